The van der Waals surface area contributed by atoms with Crippen LogP contribution < -0.4 is 31.3 Å². The first-order valence-electron chi connectivity index (χ1n) is 23.5. The molecule has 0 radical (unpaired) electrons. The normalized spacial score (nSPS) is 20.8. The van der Waals surface area contributed by atoms with Gasteiger partial charge in [-0.3, -0.25) is 43.8 Å². The van der Waals surface area contributed by atoms with Crippen LogP contribution in [0.1, 0.15) is 93.1 Å². The Morgan fingerprint density at radius 1 is 0.817 bits per heavy atom. The first kappa shape index (κ1) is 51.1. The zero-order valence-corrected chi connectivity index (χ0v) is 40.1. The van der Waals surface area contributed by atoms with Crippen LogP contribution in [0, 0.1) is 5.82 Å². The van der Waals surface area contributed by atoms with Gasteiger partial charge in [0.1, 0.15) is 29.6 Å². The molecule has 0 aromatic heterocycles. The van der Waals surface area contributed by atoms with Crippen LogP contribution in [0.15, 0.2) is 78.9 Å². The number of nitrogens with zero attached hydrogens (tertiary/aromatic N) is 1. The number of ether oxygens (including phenoxy) is 4. The maximum atomic E-state index is 15.1. The van der Waals surface area contributed by atoms with Crippen molar-refractivity contribution in [2.24, 2.45) is 0 Å². The number of hydrogen-bond acceptors (Lipinski definition) is 12. The van der Waals surface area contributed by atoms with Gasteiger partial charge in [0.05, 0.1) is 55.8 Å². The average molecular weight is 1020 g/mol. The van der Waals surface area contributed by atoms with Crippen LogP contribution in [0.3, 0.4) is 0 Å². The molecule has 2 saturated heterocycles. The number of carbonyl (C=O) groups is 7. The van der Waals surface area contributed by atoms with Crippen LogP contribution in [0.4, 0.5) is 15.8 Å². The number of nitrogens with one attached hydrogen (secondary N) is 5. The van der Waals surface area contributed by atoms with E-state index in [2.05, 4.69) is 26.6 Å². The van der Waals surface area contributed by atoms with Gasteiger partial charge in [-0.25, -0.2) is 4.39 Å². The first-order chi connectivity index (χ1) is 34.4. The highest BCUT2D eigenvalue weighted by atomic mass is 35.5. The molecule has 3 atom stereocenters. The van der Waals surface area contributed by atoms with E-state index in [9.17, 15) is 33.6 Å². The minimum atomic E-state index is -1.05. The van der Waals surface area contributed by atoms with Crippen molar-refractivity contribution < 1.29 is 56.9 Å². The highest BCUT2D eigenvalue weighted by molar-refractivity contribution is 6.31. The number of benzene rings is 4. The van der Waals surface area contributed by atoms with Gasteiger partial charge >= 0.3 is 0 Å². The van der Waals surface area contributed by atoms with E-state index in [1.165, 1.54) is 6.07 Å². The van der Waals surface area contributed by atoms with Crippen molar-refractivity contribution in [1.82, 2.24) is 20.9 Å². The Labute approximate surface area is 418 Å². The Balaban J connectivity index is 0.000000207. The minimum absolute atomic E-state index is 0.0430. The molecule has 17 nitrogen and oxygen atoms in total. The molecule has 2 unspecified atom stereocenters. The third-order valence-electron chi connectivity index (χ3n) is 13.6. The summed E-state index contributed by atoms with van der Waals surface area (Å²) in [5.41, 5.74) is 2.18. The fourth-order valence-corrected chi connectivity index (χ4v) is 10.7. The lowest BCUT2D eigenvalue weighted by molar-refractivity contribution is -0.136. The fraction of sp³-hybridized carbons (Fsp3) is 0.392. The molecule has 9 rings (SSSR count). The molecular formula is C51H53Cl2FN6O11. The van der Waals surface area contributed by atoms with Crippen molar-refractivity contribution in [3.8, 4) is 5.75 Å². The summed E-state index contributed by atoms with van der Waals surface area (Å²) in [7, 11) is 0. The molecule has 4 aromatic rings. The number of anilines is 2. The van der Waals surface area contributed by atoms with Gasteiger partial charge in [0.15, 0.2) is 0 Å². The van der Waals surface area contributed by atoms with Crippen LogP contribution in [-0.4, -0.2) is 118 Å². The molecule has 1 aliphatic carbocycles. The van der Waals surface area contributed by atoms with E-state index in [1.54, 1.807) is 60.7 Å². The lowest BCUT2D eigenvalue weighted by Crippen LogP contribution is -2.60. The van der Waals surface area contributed by atoms with Crippen LogP contribution in [0.5, 0.6) is 5.75 Å². The molecule has 71 heavy (non-hydrogen) atoms. The summed E-state index contributed by atoms with van der Waals surface area (Å²) in [5, 5.41) is 14.8. The molecule has 2 spiro atoms. The van der Waals surface area contributed by atoms with E-state index in [1.807, 2.05) is 12.1 Å². The van der Waals surface area contributed by atoms with Gasteiger partial charge in [-0.05, 0) is 85.0 Å². The Morgan fingerprint density at radius 3 is 2.24 bits per heavy atom. The molecule has 20 heteroatoms. The van der Waals surface area contributed by atoms with E-state index in [0.717, 1.165) is 48.3 Å². The summed E-state index contributed by atoms with van der Waals surface area (Å²) >= 11 is 12.3. The smallest absolute Gasteiger partial charge is 0.266 e. The minimum Gasteiger partial charge on any atom is -0.490 e. The van der Waals surface area contributed by atoms with Crippen LogP contribution >= 0.6 is 23.2 Å². The molecule has 374 valence electrons. The van der Waals surface area contributed by atoms with Crippen molar-refractivity contribution in [2.75, 3.05) is 70.0 Å². The number of hydrogen-bond donors (Lipinski definition) is 5. The van der Waals surface area contributed by atoms with E-state index in [4.69, 9.17) is 42.1 Å². The molecule has 5 N–H and O–H groups in total. The summed E-state index contributed by atoms with van der Waals surface area (Å²) in [6.45, 7) is 2.81. The van der Waals surface area contributed by atoms with E-state index in [-0.39, 0.29) is 65.7 Å². The summed E-state index contributed by atoms with van der Waals surface area (Å²) < 4.78 is 37.2. The predicted molar refractivity (Wildman–Crippen MR) is 259 cm³/mol. The summed E-state index contributed by atoms with van der Waals surface area (Å²) in [5.74, 6) is -3.22. The number of piperidine rings is 1. The Bertz CT molecular complexity index is 2690. The maximum Gasteiger partial charge on any atom is 0.266 e. The van der Waals surface area contributed by atoms with Crippen molar-refractivity contribution in [3.05, 3.63) is 123 Å². The first-order valence-corrected chi connectivity index (χ1v) is 24.2. The highest BCUT2D eigenvalue weighted by Crippen LogP contribution is 2.61. The zero-order valence-electron chi connectivity index (χ0n) is 38.6. The Kier molecular flexibility index (Phi) is 16.4. The monoisotopic (exact) mass is 1010 g/mol. The highest BCUT2D eigenvalue weighted by Gasteiger charge is 2.68. The largest absolute Gasteiger partial charge is 0.490 e. The Morgan fingerprint density at radius 2 is 1.52 bits per heavy atom. The molecule has 0 bridgehead atoms. The van der Waals surface area contributed by atoms with Crippen molar-refractivity contribution in [1.29, 1.82) is 0 Å². The zero-order chi connectivity index (χ0) is 50.1. The average Bonchev–Trinajstić information content (AvgIpc) is 3.94. The standard InChI is InChI=1S/C29H32N4O10.C22H21Cl2FN2O/c34-18-31-20-6-4-19(5-7-20)26(36)30-10-11-40-12-13-41-14-15-42-16-17-43-23-3-1-2-21-25(23)29(39)33(28(21)38)22-8-9-24(35)32-27(22)37;23-13-7-8-15-18(11-13)27-20(28)22(15)16(14-5-4-6-17(24)19(14)25)12-26-21(22)9-2-1-3-10-21/h1-7,18,22H,8-17H2,(H,30,36)(H,31,34)(H,32,35,37);4-8,11,16,26H,1-3,9-10,12H2,(H,27,28)/t;16?,22-/m.1/s1. The van der Waals surface area contributed by atoms with Crippen molar-refractivity contribution in [3.63, 3.8) is 0 Å². The molecule has 1 saturated carbocycles. The number of rotatable bonds is 18. The molecule has 4 aromatic carbocycles. The molecule has 4 heterocycles. The molecular weight excluding hydrogens is 962 g/mol. The van der Waals surface area contributed by atoms with Gasteiger partial charge in [-0.1, -0.05) is 66.7 Å². The van der Waals surface area contributed by atoms with Gasteiger partial charge in [-0.2, -0.15) is 0 Å². The topological polar surface area (TPSA) is 220 Å². The van der Waals surface area contributed by atoms with E-state index >= 15 is 4.39 Å². The fourth-order valence-electron chi connectivity index (χ4n) is 10.4. The third kappa shape index (κ3) is 10.5. The summed E-state index contributed by atoms with van der Waals surface area (Å²) in [4.78, 5) is 86.7. The van der Waals surface area contributed by atoms with Crippen LogP contribution in [0.2, 0.25) is 10.0 Å². The number of halogens is 3. The number of fused-ring (bicyclic) bond motifs is 4. The quantitative estimate of drug-likeness (QED) is 0.0445. The van der Waals surface area contributed by atoms with Gasteiger partial charge < -0.3 is 40.2 Å². The summed E-state index contributed by atoms with van der Waals surface area (Å²) in [6, 6.07) is 20.7. The van der Waals surface area contributed by atoms with Gasteiger partial charge in [0.25, 0.3) is 17.7 Å². The predicted octanol–water partition coefficient (Wildman–Crippen LogP) is 5.93. The van der Waals surface area contributed by atoms with Crippen LogP contribution in [0.25, 0.3) is 0 Å². The lowest BCUT2D eigenvalue weighted by atomic mass is 9.56. The van der Waals surface area contributed by atoms with Gasteiger partial charge in [0.2, 0.25) is 24.1 Å². The van der Waals surface area contributed by atoms with Gasteiger partial charge in [0, 0.05) is 52.9 Å². The molecule has 4 aliphatic heterocycles. The SMILES string of the molecule is O=C1Nc2cc(Cl)ccc2[C@@]12C(c1cccc(Cl)c1F)CNC21CCCCC1.O=CNc1ccc(C(=O)NCCOCCOCCOCCOc2cccc3c2C(=O)N(C2CCC(=O)NC2=O)C3=O)cc1. The van der Waals surface area contributed by atoms with E-state index in [0.29, 0.717) is 74.4 Å². The van der Waals surface area contributed by atoms with Crippen molar-refractivity contribution >= 4 is 76.4 Å². The maximum absolute atomic E-state index is 15.1. The van der Waals surface area contributed by atoms with Crippen molar-refractivity contribution in [2.45, 2.75) is 67.9 Å². The van der Waals surface area contributed by atoms with Gasteiger partial charge in [-0.15, -0.1) is 0 Å². The summed E-state index contributed by atoms with van der Waals surface area (Å²) in [6.07, 6.45) is 5.72. The molecule has 5 aliphatic rings. The second-order valence-electron chi connectivity index (χ2n) is 17.6. The number of carbonyl (C=O) groups excluding carboxylic acids is 7. The lowest BCUT2D eigenvalue weighted by Gasteiger charge is -2.47. The molecule has 3 fully saturated rings. The third-order valence-corrected chi connectivity index (χ3v) is 14.1. The molecule has 7 amide bonds. The number of imide groups is 2. The Hall–Kier alpha value is -6.28. The second-order valence-corrected chi connectivity index (χ2v) is 18.4. The van der Waals surface area contributed by atoms with Crippen LogP contribution in [-0.2, 0) is 38.8 Å². The second kappa shape index (κ2) is 22.9. The van der Waals surface area contributed by atoms with E-state index < -0.39 is 46.4 Å². The number of amides is 7.